The van der Waals surface area contributed by atoms with Crippen LogP contribution in [0.25, 0.3) is 0 Å². The van der Waals surface area contributed by atoms with Gasteiger partial charge in [0, 0.05) is 23.6 Å². The van der Waals surface area contributed by atoms with Gasteiger partial charge in [-0.25, -0.2) is 4.98 Å². The molecule has 0 spiro atoms. The lowest BCUT2D eigenvalue weighted by Gasteiger charge is -2.20. The van der Waals surface area contributed by atoms with Gasteiger partial charge in [-0.1, -0.05) is 20.8 Å². The van der Waals surface area contributed by atoms with Crippen molar-refractivity contribution in [3.63, 3.8) is 0 Å². The maximum Gasteiger partial charge on any atom is 0.320 e. The fraction of sp³-hybridized carbons (Fsp3) is 0.643. The number of nitrogens with zero attached hydrogens (tertiary/aromatic N) is 1. The van der Waals surface area contributed by atoms with Gasteiger partial charge in [-0.3, -0.25) is 9.59 Å². The second-order valence-corrected chi connectivity index (χ2v) is 7.02. The Morgan fingerprint density at radius 2 is 2.21 bits per heavy atom. The lowest BCUT2D eigenvalue weighted by atomic mass is 9.79. The van der Waals surface area contributed by atoms with Crippen LogP contribution >= 0.6 is 11.3 Å². The highest BCUT2D eigenvalue weighted by atomic mass is 32.1. The molecule has 1 saturated heterocycles. The van der Waals surface area contributed by atoms with E-state index in [1.807, 2.05) is 5.38 Å². The highest BCUT2D eigenvalue weighted by Gasteiger charge is 2.49. The Kier molecular flexibility index (Phi) is 3.51. The van der Waals surface area contributed by atoms with Crippen molar-refractivity contribution in [1.82, 2.24) is 4.98 Å². The van der Waals surface area contributed by atoms with Crippen LogP contribution in [-0.4, -0.2) is 23.3 Å². The molecule has 1 aliphatic rings. The average Bonchev–Trinajstić information content (AvgIpc) is 2.87. The van der Waals surface area contributed by atoms with E-state index in [9.17, 15) is 9.59 Å². The van der Waals surface area contributed by atoms with Crippen LogP contribution in [0.15, 0.2) is 5.38 Å². The van der Waals surface area contributed by atoms with Gasteiger partial charge >= 0.3 is 5.97 Å². The molecule has 2 rings (SSSR count). The van der Waals surface area contributed by atoms with E-state index in [1.165, 1.54) is 18.3 Å². The monoisotopic (exact) mass is 281 g/mol. The third-order valence-corrected chi connectivity index (χ3v) is 4.45. The number of ketones is 1. The number of carbonyl (C=O) groups is 2. The van der Waals surface area contributed by atoms with E-state index in [0.29, 0.717) is 19.4 Å². The number of thiazole rings is 1. The quantitative estimate of drug-likeness (QED) is 0.631. The number of aromatic nitrogens is 1. The largest absolute Gasteiger partial charge is 0.465 e. The molecule has 0 radical (unpaired) electrons. The molecule has 1 aromatic rings. The molecule has 0 N–H and O–H groups in total. The molecule has 1 atom stereocenters. The van der Waals surface area contributed by atoms with Crippen LogP contribution in [0.1, 0.15) is 44.8 Å². The molecule has 19 heavy (non-hydrogen) atoms. The summed E-state index contributed by atoms with van der Waals surface area (Å²) in [6.07, 6.45) is 0.827. The summed E-state index contributed by atoms with van der Waals surface area (Å²) in [5.74, 6) is -0.519. The third-order valence-electron chi connectivity index (χ3n) is 3.60. The van der Waals surface area contributed by atoms with Gasteiger partial charge in [-0.05, 0) is 6.92 Å². The Morgan fingerprint density at radius 3 is 2.63 bits per heavy atom. The Morgan fingerprint density at radius 1 is 1.53 bits per heavy atom. The van der Waals surface area contributed by atoms with E-state index in [0.717, 1.165) is 10.7 Å². The van der Waals surface area contributed by atoms with Crippen LogP contribution in [0, 0.1) is 5.41 Å². The van der Waals surface area contributed by atoms with Crippen molar-refractivity contribution in [3.8, 4) is 0 Å². The molecular weight excluding hydrogens is 262 g/mol. The molecule has 0 amide bonds. The van der Waals surface area contributed by atoms with Gasteiger partial charge in [0.15, 0.2) is 0 Å². The third kappa shape index (κ3) is 2.56. The van der Waals surface area contributed by atoms with Gasteiger partial charge in [0.2, 0.25) is 0 Å². The molecule has 0 aliphatic carbocycles. The second-order valence-electron chi connectivity index (χ2n) is 6.08. The van der Waals surface area contributed by atoms with Crippen molar-refractivity contribution < 1.29 is 14.3 Å². The average molecular weight is 281 g/mol. The summed E-state index contributed by atoms with van der Waals surface area (Å²) in [6, 6.07) is 0. The number of hydrogen-bond acceptors (Lipinski definition) is 5. The maximum absolute atomic E-state index is 11.9. The van der Waals surface area contributed by atoms with Crippen molar-refractivity contribution in [2.75, 3.05) is 6.61 Å². The van der Waals surface area contributed by atoms with Crippen LogP contribution in [0.5, 0.6) is 0 Å². The van der Waals surface area contributed by atoms with Crippen LogP contribution < -0.4 is 0 Å². The van der Waals surface area contributed by atoms with E-state index < -0.39 is 11.4 Å². The molecule has 1 aliphatic heterocycles. The van der Waals surface area contributed by atoms with Crippen molar-refractivity contribution in [1.29, 1.82) is 0 Å². The number of rotatable bonds is 3. The molecule has 5 heteroatoms. The predicted octanol–water partition coefficient (Wildman–Crippen LogP) is 2.51. The summed E-state index contributed by atoms with van der Waals surface area (Å²) in [6.45, 7) is 8.07. The molecule has 1 unspecified atom stereocenters. The number of hydrogen-bond donors (Lipinski definition) is 0. The Balaban J connectivity index is 2.26. The summed E-state index contributed by atoms with van der Waals surface area (Å²) < 4.78 is 4.99. The summed E-state index contributed by atoms with van der Waals surface area (Å²) in [5.41, 5.74) is -0.0287. The van der Waals surface area contributed by atoms with Crippen molar-refractivity contribution in [2.24, 2.45) is 5.41 Å². The Bertz CT molecular complexity index is 515. The standard InChI is InChI=1S/C14H19NO3S/c1-9(16)14(5-6-18-12(14)17)7-11-15-10(8-19-11)13(2,3)4/h8H,5-7H2,1-4H3. The first-order chi connectivity index (χ1) is 8.75. The van der Waals surface area contributed by atoms with E-state index in [1.54, 1.807) is 0 Å². The lowest BCUT2D eigenvalue weighted by molar-refractivity contribution is -0.150. The molecule has 1 aromatic heterocycles. The van der Waals surface area contributed by atoms with Gasteiger partial charge in [0.05, 0.1) is 17.3 Å². The number of Topliss-reactive ketones (excluding diaryl/α,β-unsaturated/α-hetero) is 1. The highest BCUT2D eigenvalue weighted by molar-refractivity contribution is 7.09. The first-order valence-electron chi connectivity index (χ1n) is 6.39. The van der Waals surface area contributed by atoms with Crippen molar-refractivity contribution >= 4 is 23.1 Å². The zero-order valence-electron chi connectivity index (χ0n) is 11.8. The summed E-state index contributed by atoms with van der Waals surface area (Å²) in [4.78, 5) is 28.3. The van der Waals surface area contributed by atoms with Crippen LogP contribution in [0.4, 0.5) is 0 Å². The lowest BCUT2D eigenvalue weighted by Crippen LogP contribution is -2.36. The molecule has 104 valence electrons. The summed E-state index contributed by atoms with van der Waals surface area (Å²) >= 11 is 1.51. The molecular formula is C14H19NO3S. The van der Waals surface area contributed by atoms with E-state index >= 15 is 0 Å². The van der Waals surface area contributed by atoms with Gasteiger partial charge in [-0.2, -0.15) is 0 Å². The minimum absolute atomic E-state index is 0.0195. The minimum atomic E-state index is -1.01. The topological polar surface area (TPSA) is 56.3 Å². The summed E-state index contributed by atoms with van der Waals surface area (Å²) in [7, 11) is 0. The fourth-order valence-corrected chi connectivity index (χ4v) is 3.29. The molecule has 0 bridgehead atoms. The zero-order chi connectivity index (χ0) is 14.3. The normalized spacial score (nSPS) is 23.5. The van der Waals surface area contributed by atoms with Gasteiger partial charge in [0.25, 0.3) is 0 Å². The van der Waals surface area contributed by atoms with Crippen LogP contribution in [0.2, 0.25) is 0 Å². The molecule has 0 aromatic carbocycles. The first kappa shape index (κ1) is 14.2. The fourth-order valence-electron chi connectivity index (χ4n) is 2.16. The highest BCUT2D eigenvalue weighted by Crippen LogP contribution is 2.36. The molecule has 0 saturated carbocycles. The predicted molar refractivity (Wildman–Crippen MR) is 73.2 cm³/mol. The van der Waals surface area contributed by atoms with Crippen LogP contribution in [0.3, 0.4) is 0 Å². The second kappa shape index (κ2) is 4.71. The SMILES string of the molecule is CC(=O)C1(Cc2nc(C(C)(C)C)cs2)CCOC1=O. The summed E-state index contributed by atoms with van der Waals surface area (Å²) in [5, 5.41) is 2.84. The van der Waals surface area contributed by atoms with Crippen molar-refractivity contribution in [2.45, 2.75) is 46.0 Å². The van der Waals surface area contributed by atoms with Gasteiger partial charge in [-0.15, -0.1) is 11.3 Å². The Labute approximate surface area is 117 Å². The van der Waals surface area contributed by atoms with Gasteiger partial charge < -0.3 is 4.74 Å². The van der Waals surface area contributed by atoms with E-state index in [-0.39, 0.29) is 11.2 Å². The number of carbonyl (C=O) groups excluding carboxylic acids is 2. The number of ether oxygens (including phenoxy) is 1. The minimum Gasteiger partial charge on any atom is -0.465 e. The number of esters is 1. The number of cyclic esters (lactones) is 1. The first-order valence-corrected chi connectivity index (χ1v) is 7.27. The smallest absolute Gasteiger partial charge is 0.320 e. The molecule has 1 fully saturated rings. The van der Waals surface area contributed by atoms with E-state index in [4.69, 9.17) is 4.74 Å². The molecule has 2 heterocycles. The van der Waals surface area contributed by atoms with Crippen molar-refractivity contribution in [3.05, 3.63) is 16.1 Å². The molecule has 4 nitrogen and oxygen atoms in total. The van der Waals surface area contributed by atoms with Crippen LogP contribution in [-0.2, 0) is 26.2 Å². The maximum atomic E-state index is 11.9. The Hall–Kier alpha value is -1.23. The van der Waals surface area contributed by atoms with E-state index in [2.05, 4.69) is 25.8 Å². The zero-order valence-corrected chi connectivity index (χ0v) is 12.6. The van der Waals surface area contributed by atoms with Gasteiger partial charge in [0.1, 0.15) is 11.2 Å².